The topological polar surface area (TPSA) is 35.5 Å². The lowest BCUT2D eigenvalue weighted by Gasteiger charge is -2.28. The van der Waals surface area contributed by atoms with Gasteiger partial charge in [0.05, 0.1) is 10.5 Å². The number of rotatable bonds is 8. The quantitative estimate of drug-likeness (QED) is 0.313. The summed E-state index contributed by atoms with van der Waals surface area (Å²) < 4.78 is 0. The van der Waals surface area contributed by atoms with Gasteiger partial charge in [0, 0.05) is 18.8 Å². The minimum atomic E-state index is -0.0770. The Hall–Kier alpha value is -0.740. The zero-order valence-electron chi connectivity index (χ0n) is 11.8. The van der Waals surface area contributed by atoms with Crippen molar-refractivity contribution in [3.05, 3.63) is 36.2 Å². The van der Waals surface area contributed by atoms with Crippen molar-refractivity contribution in [2.45, 2.75) is 38.1 Å². The molecule has 0 rings (SSSR count). The van der Waals surface area contributed by atoms with Crippen LogP contribution >= 0.6 is 15.9 Å². The fourth-order valence-corrected chi connectivity index (χ4v) is 1.61. The molecule has 2 N–H and O–H groups in total. The predicted octanol–water partition coefficient (Wildman–Crippen LogP) is 2.99. The first kappa shape index (κ1) is 17.3. The van der Waals surface area contributed by atoms with E-state index >= 15 is 0 Å². The highest BCUT2D eigenvalue weighted by Gasteiger charge is 2.10. The molecule has 2 atom stereocenters. The van der Waals surface area contributed by atoms with Crippen LogP contribution in [0, 0.1) is 0 Å². The molecule has 3 nitrogen and oxygen atoms in total. The molecule has 0 saturated heterocycles. The Balaban J connectivity index is 5.04. The molecule has 0 fully saturated rings. The van der Waals surface area contributed by atoms with Gasteiger partial charge in [0.15, 0.2) is 0 Å². The number of halogens is 1. The summed E-state index contributed by atoms with van der Waals surface area (Å²) >= 11 is 3.45. The third-order valence-electron chi connectivity index (χ3n) is 3.11. The van der Waals surface area contributed by atoms with Gasteiger partial charge >= 0.3 is 0 Å². The molecule has 104 valence electrons. The molecule has 0 heterocycles. The number of nitrogens with zero attached hydrogens (tertiary/aromatic N) is 1. The van der Waals surface area contributed by atoms with E-state index in [1.54, 1.807) is 6.08 Å². The third kappa shape index (κ3) is 5.74. The van der Waals surface area contributed by atoms with E-state index in [0.717, 1.165) is 17.8 Å². The van der Waals surface area contributed by atoms with Gasteiger partial charge in [-0.3, -0.25) is 0 Å². The molecule has 0 bridgehead atoms. The van der Waals surface area contributed by atoms with Crippen LogP contribution in [0.1, 0.15) is 27.2 Å². The van der Waals surface area contributed by atoms with E-state index in [2.05, 4.69) is 53.6 Å². The highest BCUT2D eigenvalue weighted by atomic mass is 79.9. The van der Waals surface area contributed by atoms with Gasteiger partial charge in [-0.15, -0.1) is 6.58 Å². The number of hydrogen-bond acceptors (Lipinski definition) is 3. The van der Waals surface area contributed by atoms with Gasteiger partial charge in [-0.2, -0.15) is 0 Å². The molecule has 0 aliphatic heterocycles. The molecule has 0 aromatic heterocycles. The number of alkyl halides is 1. The van der Waals surface area contributed by atoms with Gasteiger partial charge in [-0.25, -0.2) is 0 Å². The van der Waals surface area contributed by atoms with E-state index in [0.29, 0.717) is 6.04 Å². The van der Waals surface area contributed by atoms with E-state index in [9.17, 15) is 0 Å². The molecule has 0 aliphatic rings. The Morgan fingerprint density at radius 1 is 1.56 bits per heavy atom. The van der Waals surface area contributed by atoms with Gasteiger partial charge in [0.25, 0.3) is 0 Å². The summed E-state index contributed by atoms with van der Waals surface area (Å²) in [5, 5.41) is 12.0. The number of allylic oxidation sites excluding steroid dienone is 4. The number of nitrogens with one attached hydrogen (secondary N) is 1. The summed E-state index contributed by atoms with van der Waals surface area (Å²) in [6, 6.07) is 0.466. The molecular formula is C14H25BrN2O. The maximum absolute atomic E-state index is 9.06. The van der Waals surface area contributed by atoms with Crippen molar-refractivity contribution in [2.24, 2.45) is 0 Å². The van der Waals surface area contributed by atoms with Gasteiger partial charge in [-0.1, -0.05) is 35.0 Å². The average molecular weight is 317 g/mol. The average Bonchev–Trinajstić information content (AvgIpc) is 2.40. The zero-order valence-corrected chi connectivity index (χ0v) is 13.4. The smallest absolute Gasteiger partial charge is 0.113 e. The Bertz CT molecular complexity index is 313. The summed E-state index contributed by atoms with van der Waals surface area (Å²) in [5.41, 5.74) is 2.03. The van der Waals surface area contributed by atoms with Crippen LogP contribution in [0.5, 0.6) is 0 Å². The van der Waals surface area contributed by atoms with E-state index in [4.69, 9.17) is 5.11 Å². The fraction of sp³-hybridized carbons (Fsp3) is 0.571. The first-order chi connectivity index (χ1) is 8.47. The second kappa shape index (κ2) is 9.22. The fourth-order valence-electron chi connectivity index (χ4n) is 1.45. The van der Waals surface area contributed by atoms with Gasteiger partial charge in [0.1, 0.15) is 6.73 Å². The van der Waals surface area contributed by atoms with Crippen LogP contribution in [0.25, 0.3) is 0 Å². The maximum atomic E-state index is 9.06. The Morgan fingerprint density at radius 2 is 2.17 bits per heavy atom. The van der Waals surface area contributed by atoms with Gasteiger partial charge < -0.3 is 15.3 Å². The Labute approximate surface area is 119 Å². The van der Waals surface area contributed by atoms with Crippen LogP contribution in [0.2, 0.25) is 0 Å². The summed E-state index contributed by atoms with van der Waals surface area (Å²) in [6.45, 7) is 10.0. The van der Waals surface area contributed by atoms with Crippen LogP contribution < -0.4 is 5.32 Å². The summed E-state index contributed by atoms with van der Waals surface area (Å²) in [4.78, 5) is 2.34. The highest BCUT2D eigenvalue weighted by molar-refractivity contribution is 9.09. The number of hydrogen-bond donors (Lipinski definition) is 2. The summed E-state index contributed by atoms with van der Waals surface area (Å²) in [7, 11) is 2.06. The summed E-state index contributed by atoms with van der Waals surface area (Å²) in [6.07, 6.45) is 6.84. The van der Waals surface area contributed by atoms with Crippen molar-refractivity contribution in [3.63, 3.8) is 0 Å². The Kier molecular flexibility index (Phi) is 8.85. The molecule has 0 aromatic rings. The van der Waals surface area contributed by atoms with Gasteiger partial charge in [-0.05, 0) is 26.3 Å². The molecule has 0 aliphatic carbocycles. The van der Waals surface area contributed by atoms with Crippen LogP contribution in [0.4, 0.5) is 0 Å². The van der Waals surface area contributed by atoms with E-state index in [-0.39, 0.29) is 11.6 Å². The van der Waals surface area contributed by atoms with E-state index < -0.39 is 0 Å². The van der Waals surface area contributed by atoms with Crippen molar-refractivity contribution < 1.29 is 5.11 Å². The monoisotopic (exact) mass is 316 g/mol. The lowest BCUT2D eigenvalue weighted by molar-refractivity contribution is 0.268. The molecule has 4 heteroatoms. The van der Waals surface area contributed by atoms with Gasteiger partial charge in [0.2, 0.25) is 0 Å². The molecule has 0 amide bonds. The van der Waals surface area contributed by atoms with Crippen molar-refractivity contribution in [1.29, 1.82) is 0 Å². The van der Waals surface area contributed by atoms with Crippen molar-refractivity contribution in [1.82, 2.24) is 10.2 Å². The molecule has 18 heavy (non-hydrogen) atoms. The summed E-state index contributed by atoms with van der Waals surface area (Å²) in [5.74, 6) is 0. The molecule has 0 radical (unpaired) electrons. The van der Waals surface area contributed by atoms with E-state index in [1.165, 1.54) is 0 Å². The largest absolute Gasteiger partial charge is 0.377 e. The third-order valence-corrected chi connectivity index (χ3v) is 3.79. The van der Waals surface area contributed by atoms with Crippen molar-refractivity contribution in [2.75, 3.05) is 13.8 Å². The van der Waals surface area contributed by atoms with Crippen LogP contribution in [0.15, 0.2) is 36.2 Å². The molecule has 0 spiro atoms. The number of aliphatic hydroxyl groups is 1. The lowest BCUT2D eigenvalue weighted by Crippen LogP contribution is -2.30. The van der Waals surface area contributed by atoms with Crippen LogP contribution in [-0.4, -0.2) is 34.7 Å². The number of aliphatic hydroxyl groups excluding tert-OH is 1. The standard InChI is InChI=1S/C14H25BrN2O/c1-6-11(3)17(5)12(4)14(16-10-18)9-8-13(15)7-2/h7-9,11,13,16,18H,2,6,10H2,1,3-5H3/b9-8-,14-12-. The predicted molar refractivity (Wildman–Crippen MR) is 82.5 cm³/mol. The Morgan fingerprint density at radius 3 is 2.61 bits per heavy atom. The first-order valence-corrected chi connectivity index (χ1v) is 7.12. The molecule has 0 aromatic carbocycles. The second-order valence-electron chi connectivity index (χ2n) is 4.24. The minimum Gasteiger partial charge on any atom is -0.377 e. The second-order valence-corrected chi connectivity index (χ2v) is 5.30. The van der Waals surface area contributed by atoms with Crippen LogP contribution in [0.3, 0.4) is 0 Å². The molecule has 0 saturated carbocycles. The highest BCUT2D eigenvalue weighted by Crippen LogP contribution is 2.14. The van der Waals surface area contributed by atoms with Crippen molar-refractivity contribution in [3.8, 4) is 0 Å². The maximum Gasteiger partial charge on any atom is 0.113 e. The minimum absolute atomic E-state index is 0.0770. The molecular weight excluding hydrogens is 292 g/mol. The molecule has 2 unspecified atom stereocenters. The zero-order chi connectivity index (χ0) is 14.1. The first-order valence-electron chi connectivity index (χ1n) is 6.21. The SMILES string of the molecule is C=CC(Br)/C=C\C(NCO)=C(/C)N(C)C(C)CC. The lowest BCUT2D eigenvalue weighted by atomic mass is 10.2. The normalized spacial score (nSPS) is 16.1. The van der Waals surface area contributed by atoms with Crippen LogP contribution in [-0.2, 0) is 0 Å². The van der Waals surface area contributed by atoms with Crippen molar-refractivity contribution >= 4 is 15.9 Å². The van der Waals surface area contributed by atoms with E-state index in [1.807, 2.05) is 19.1 Å².